The third-order valence-electron chi connectivity index (χ3n) is 13.9. The molecule has 57 heavy (non-hydrogen) atoms. The molecule has 1 saturated carbocycles. The van der Waals surface area contributed by atoms with E-state index in [1.54, 1.807) is 0 Å². The van der Waals surface area contributed by atoms with Crippen molar-refractivity contribution in [3.63, 3.8) is 0 Å². The van der Waals surface area contributed by atoms with Gasteiger partial charge in [-0.3, -0.25) is 0 Å². The molecule has 284 valence electrons. The van der Waals surface area contributed by atoms with Crippen LogP contribution in [0.15, 0.2) is 191 Å². The maximum atomic E-state index is 6.16. The minimum atomic E-state index is -0.0986. The van der Waals surface area contributed by atoms with Crippen molar-refractivity contribution in [2.24, 2.45) is 17.3 Å². The zero-order valence-corrected chi connectivity index (χ0v) is 33.8. The van der Waals surface area contributed by atoms with Crippen molar-refractivity contribution in [1.29, 1.82) is 0 Å². The van der Waals surface area contributed by atoms with Crippen LogP contribution in [0.1, 0.15) is 70.9 Å². The van der Waals surface area contributed by atoms with Crippen molar-refractivity contribution in [1.82, 2.24) is 4.90 Å². The van der Waals surface area contributed by atoms with Gasteiger partial charge in [0.25, 0.3) is 0 Å². The van der Waals surface area contributed by atoms with Crippen molar-refractivity contribution in [2.45, 2.75) is 77.3 Å². The first-order valence-electron chi connectivity index (χ1n) is 21.1. The van der Waals surface area contributed by atoms with Gasteiger partial charge in [0, 0.05) is 27.8 Å². The van der Waals surface area contributed by atoms with Crippen molar-refractivity contribution in [2.75, 3.05) is 0 Å². The maximum absolute atomic E-state index is 6.16. The van der Waals surface area contributed by atoms with Crippen molar-refractivity contribution in [3.05, 3.63) is 197 Å². The van der Waals surface area contributed by atoms with Crippen molar-refractivity contribution in [3.8, 4) is 11.1 Å². The lowest BCUT2D eigenvalue weighted by atomic mass is 9.77. The zero-order chi connectivity index (χ0) is 38.9. The van der Waals surface area contributed by atoms with Crippen LogP contribution in [0.5, 0.6) is 0 Å². The van der Waals surface area contributed by atoms with E-state index >= 15 is 0 Å². The van der Waals surface area contributed by atoms with Gasteiger partial charge in [0.1, 0.15) is 11.2 Å². The van der Waals surface area contributed by atoms with Gasteiger partial charge >= 0.3 is 0 Å². The first-order valence-corrected chi connectivity index (χ1v) is 21.1. The first-order chi connectivity index (χ1) is 27.7. The third kappa shape index (κ3) is 6.08. The van der Waals surface area contributed by atoms with Gasteiger partial charge in [0.15, 0.2) is 0 Å². The largest absolute Gasteiger partial charge is 0.456 e. The summed E-state index contributed by atoms with van der Waals surface area (Å²) in [5.41, 5.74) is 15.9. The predicted octanol–water partition coefficient (Wildman–Crippen LogP) is 14.2. The molecule has 0 amide bonds. The van der Waals surface area contributed by atoms with E-state index in [4.69, 9.17) is 4.42 Å². The standard InChI is InChI=1S/C55H53NO/c1-6-36(20-21-40-35-54(2,3)49-18-12-10-16-44(40)49)37-22-26-42(27-23-37)56(41-14-8-7-9-15-41)43-28-30-46-45-29-24-39(33-50(45)55(4,5)51(46)34-43)38-25-31-53-48(32-38)47-17-11-13-19-52(47)57-53/h6-14,16-26,29,31-34,41-42,44,49H,1,15,27-28,30,35H2,2-5H3/b36-20+,40-21+/t41-,42?,44?,49-/m0/s1. The van der Waals surface area contributed by atoms with E-state index in [0.29, 0.717) is 17.9 Å². The summed E-state index contributed by atoms with van der Waals surface area (Å²) in [5, 5.41) is 2.35. The molecule has 0 N–H and O–H groups in total. The Morgan fingerprint density at radius 1 is 0.807 bits per heavy atom. The third-order valence-corrected chi connectivity index (χ3v) is 13.9. The number of nitrogens with zero attached hydrogens (tertiary/aromatic N) is 1. The van der Waals surface area contributed by atoms with Gasteiger partial charge < -0.3 is 9.32 Å². The lowest BCUT2D eigenvalue weighted by Gasteiger charge is -2.42. The molecule has 1 heterocycles. The van der Waals surface area contributed by atoms with E-state index in [-0.39, 0.29) is 16.9 Å². The number of benzene rings is 3. The number of allylic oxidation sites excluding steroid dienone is 17. The van der Waals surface area contributed by atoms with Crippen LogP contribution in [0.25, 0.3) is 38.6 Å². The predicted molar refractivity (Wildman–Crippen MR) is 241 cm³/mol. The molecule has 0 saturated heterocycles. The van der Waals surface area contributed by atoms with E-state index in [9.17, 15) is 0 Å². The molecule has 6 aliphatic carbocycles. The normalized spacial score (nSPS) is 26.2. The molecule has 2 heteroatoms. The Bertz CT molecular complexity index is 2650. The maximum Gasteiger partial charge on any atom is 0.135 e. The Hall–Kier alpha value is -5.60. The molecule has 2 nitrogen and oxygen atoms in total. The number of hydrogen-bond acceptors (Lipinski definition) is 2. The summed E-state index contributed by atoms with van der Waals surface area (Å²) in [6.45, 7) is 13.9. The summed E-state index contributed by atoms with van der Waals surface area (Å²) >= 11 is 0. The van der Waals surface area contributed by atoms with Gasteiger partial charge in [-0.25, -0.2) is 0 Å². The van der Waals surface area contributed by atoms with Crippen LogP contribution >= 0.6 is 0 Å². The fourth-order valence-corrected chi connectivity index (χ4v) is 10.9. The highest BCUT2D eigenvalue weighted by atomic mass is 16.3. The summed E-state index contributed by atoms with van der Waals surface area (Å²) in [6, 6.07) is 22.8. The van der Waals surface area contributed by atoms with E-state index in [1.807, 2.05) is 12.1 Å². The van der Waals surface area contributed by atoms with Crippen molar-refractivity contribution >= 4 is 27.5 Å². The van der Waals surface area contributed by atoms with Crippen LogP contribution in [-0.2, 0) is 5.41 Å². The number of furan rings is 1. The molecule has 0 spiro atoms. The number of rotatable bonds is 7. The SMILES string of the molecule is C=C/C(=C\C=C1/CC(C)(C)[C@H]2C=CC=CC12)C1=CCC(N(C2=CC3=C(CC2)c2ccc(-c4ccc5oc6ccccc6c5c4)cc2C3(C)C)[C@H]2C=CC=CC2)C=C1. The molecular weight excluding hydrogens is 691 g/mol. The second kappa shape index (κ2) is 13.8. The fraction of sp³-hybridized carbons (Fsp3) is 0.273. The molecule has 4 atom stereocenters. The molecular formula is C55H53NO. The Kier molecular flexibility index (Phi) is 8.67. The summed E-state index contributed by atoms with van der Waals surface area (Å²) in [7, 11) is 0. The van der Waals surface area contributed by atoms with Crippen LogP contribution < -0.4 is 0 Å². The van der Waals surface area contributed by atoms with Crippen LogP contribution in [0.4, 0.5) is 0 Å². The van der Waals surface area contributed by atoms with E-state index < -0.39 is 0 Å². The highest BCUT2D eigenvalue weighted by Crippen LogP contribution is 2.54. The smallest absolute Gasteiger partial charge is 0.135 e. The number of para-hydroxylation sites is 1. The summed E-state index contributed by atoms with van der Waals surface area (Å²) in [6.07, 6.45) is 40.2. The minimum Gasteiger partial charge on any atom is -0.456 e. The summed E-state index contributed by atoms with van der Waals surface area (Å²) in [5.74, 6) is 1.07. The highest BCUT2D eigenvalue weighted by molar-refractivity contribution is 6.06. The highest BCUT2D eigenvalue weighted by Gasteiger charge is 2.43. The molecule has 3 aromatic carbocycles. The Morgan fingerprint density at radius 2 is 1.60 bits per heavy atom. The van der Waals surface area contributed by atoms with Gasteiger partial charge in [-0.05, 0) is 118 Å². The molecule has 1 fully saturated rings. The quantitative estimate of drug-likeness (QED) is 0.175. The molecule has 0 radical (unpaired) electrons. The van der Waals surface area contributed by atoms with Gasteiger partial charge in [-0.15, -0.1) is 0 Å². The molecule has 0 bridgehead atoms. The second-order valence-corrected chi connectivity index (χ2v) is 18.1. The lowest BCUT2D eigenvalue weighted by molar-refractivity contribution is 0.236. The van der Waals surface area contributed by atoms with Gasteiger partial charge in [-0.2, -0.15) is 0 Å². The molecule has 2 unspecified atom stereocenters. The Morgan fingerprint density at radius 3 is 2.42 bits per heavy atom. The van der Waals surface area contributed by atoms with Gasteiger partial charge in [0.2, 0.25) is 0 Å². The fourth-order valence-electron chi connectivity index (χ4n) is 10.9. The topological polar surface area (TPSA) is 16.4 Å². The van der Waals surface area contributed by atoms with Crippen LogP contribution in [0.2, 0.25) is 0 Å². The average molecular weight is 744 g/mol. The molecule has 1 aromatic heterocycles. The number of hydrogen-bond donors (Lipinski definition) is 0. The summed E-state index contributed by atoms with van der Waals surface area (Å²) in [4.78, 5) is 2.74. The number of fused-ring (bicyclic) bond motifs is 6. The molecule has 4 aromatic rings. The second-order valence-electron chi connectivity index (χ2n) is 18.1. The molecule has 6 aliphatic rings. The van der Waals surface area contributed by atoms with Crippen molar-refractivity contribution < 1.29 is 4.42 Å². The monoisotopic (exact) mass is 743 g/mol. The summed E-state index contributed by atoms with van der Waals surface area (Å²) < 4.78 is 6.16. The van der Waals surface area contributed by atoms with Crippen LogP contribution in [0.3, 0.4) is 0 Å². The zero-order valence-electron chi connectivity index (χ0n) is 33.8. The van der Waals surface area contributed by atoms with Crippen LogP contribution in [0, 0.1) is 17.3 Å². The Balaban J connectivity index is 0.929. The van der Waals surface area contributed by atoms with Gasteiger partial charge in [0.05, 0.1) is 12.1 Å². The average Bonchev–Trinajstić information content (AvgIpc) is 3.82. The lowest BCUT2D eigenvalue weighted by Crippen LogP contribution is -2.42. The van der Waals surface area contributed by atoms with Gasteiger partial charge in [-0.1, -0.05) is 161 Å². The molecule has 0 aliphatic heterocycles. The minimum absolute atomic E-state index is 0.0986. The van der Waals surface area contributed by atoms with Crippen LogP contribution in [-0.4, -0.2) is 17.0 Å². The van der Waals surface area contributed by atoms with E-state index in [2.05, 4.69) is 179 Å². The molecule has 10 rings (SSSR count). The van der Waals surface area contributed by atoms with E-state index in [0.717, 1.165) is 43.3 Å². The van der Waals surface area contributed by atoms with E-state index in [1.165, 1.54) is 66.6 Å². The Labute approximate surface area is 338 Å². The first kappa shape index (κ1) is 35.8.